The second-order valence-electron chi connectivity index (χ2n) is 6.77. The van der Waals surface area contributed by atoms with Crippen molar-refractivity contribution in [3.63, 3.8) is 0 Å². The van der Waals surface area contributed by atoms with Crippen LogP contribution in [0, 0.1) is 20.8 Å². The lowest BCUT2D eigenvalue weighted by molar-refractivity contribution is 0.101. The molecule has 0 aliphatic carbocycles. The van der Waals surface area contributed by atoms with Crippen molar-refractivity contribution in [2.75, 3.05) is 10.6 Å². The first kappa shape index (κ1) is 18.4. The molecule has 29 heavy (non-hydrogen) atoms. The van der Waals surface area contributed by atoms with E-state index < -0.39 is 11.8 Å². The monoisotopic (exact) mass is 389 g/mol. The Hall–Kier alpha value is -3.94. The maximum Gasteiger partial charge on any atom is 0.293 e. The van der Waals surface area contributed by atoms with Crippen molar-refractivity contribution in [2.45, 2.75) is 20.8 Å². The topological polar surface area (TPSA) is 102 Å². The second kappa shape index (κ2) is 7.23. The molecule has 3 heterocycles. The van der Waals surface area contributed by atoms with E-state index >= 15 is 0 Å². The normalized spacial score (nSPS) is 10.9. The smallest absolute Gasteiger partial charge is 0.293 e. The van der Waals surface area contributed by atoms with Crippen molar-refractivity contribution >= 4 is 28.8 Å². The van der Waals surface area contributed by atoms with Gasteiger partial charge in [0.15, 0.2) is 11.5 Å². The molecule has 0 bridgehead atoms. The third-order valence-electron chi connectivity index (χ3n) is 4.60. The number of rotatable bonds is 4. The zero-order chi connectivity index (χ0) is 20.5. The number of carbonyl (C=O) groups excluding carboxylic acids is 2. The van der Waals surface area contributed by atoms with Crippen LogP contribution in [-0.2, 0) is 0 Å². The lowest BCUT2D eigenvalue weighted by Crippen LogP contribution is -2.16. The highest BCUT2D eigenvalue weighted by Gasteiger charge is 2.22. The van der Waals surface area contributed by atoms with Gasteiger partial charge in [0.1, 0.15) is 5.76 Å². The van der Waals surface area contributed by atoms with Crippen LogP contribution in [0.25, 0.3) is 5.52 Å². The summed E-state index contributed by atoms with van der Waals surface area (Å²) in [5, 5.41) is 9.23. The number of fused-ring (bicyclic) bond motifs is 1. The molecule has 1 aromatic carbocycles. The molecule has 8 nitrogen and oxygen atoms in total. The number of nitrogens with one attached hydrogen (secondary N) is 2. The van der Waals surface area contributed by atoms with Crippen LogP contribution in [0.1, 0.15) is 38.0 Å². The molecule has 0 spiro atoms. The first-order valence-electron chi connectivity index (χ1n) is 9.03. The second-order valence-corrected chi connectivity index (χ2v) is 6.77. The molecule has 4 rings (SSSR count). The third kappa shape index (κ3) is 3.60. The zero-order valence-electron chi connectivity index (χ0n) is 16.2. The van der Waals surface area contributed by atoms with Crippen LogP contribution in [0.5, 0.6) is 0 Å². The number of imidazole rings is 1. The van der Waals surface area contributed by atoms with Crippen molar-refractivity contribution in [1.29, 1.82) is 0 Å². The molecule has 8 heteroatoms. The van der Waals surface area contributed by atoms with Crippen LogP contribution >= 0.6 is 0 Å². The highest BCUT2D eigenvalue weighted by Crippen LogP contribution is 2.19. The molecule has 146 valence electrons. The van der Waals surface area contributed by atoms with E-state index in [-0.39, 0.29) is 17.3 Å². The maximum absolute atomic E-state index is 12.9. The minimum atomic E-state index is -0.496. The molecule has 2 amide bonds. The predicted molar refractivity (Wildman–Crippen MR) is 108 cm³/mol. The molecule has 0 aliphatic heterocycles. The predicted octanol–water partition coefficient (Wildman–Crippen LogP) is 3.75. The summed E-state index contributed by atoms with van der Waals surface area (Å²) in [6, 6.07) is 12.5. The Morgan fingerprint density at radius 2 is 1.79 bits per heavy atom. The number of pyridine rings is 1. The average Bonchev–Trinajstić information content (AvgIpc) is 3.28. The Balaban J connectivity index is 1.67. The van der Waals surface area contributed by atoms with Crippen LogP contribution in [0.2, 0.25) is 0 Å². The summed E-state index contributed by atoms with van der Waals surface area (Å²) in [5.74, 6) is 0.0348. The quantitative estimate of drug-likeness (QED) is 0.553. The van der Waals surface area contributed by atoms with Crippen LogP contribution < -0.4 is 10.6 Å². The number of aryl methyl sites for hydroxylation is 3. The Kier molecular flexibility index (Phi) is 4.59. The summed E-state index contributed by atoms with van der Waals surface area (Å²) in [6.07, 6.45) is 1.68. The Morgan fingerprint density at radius 1 is 0.966 bits per heavy atom. The van der Waals surface area contributed by atoms with Gasteiger partial charge in [0.2, 0.25) is 5.82 Å². The minimum absolute atomic E-state index is 0.0755. The highest BCUT2D eigenvalue weighted by molar-refractivity contribution is 6.10. The van der Waals surface area contributed by atoms with Gasteiger partial charge < -0.3 is 15.2 Å². The summed E-state index contributed by atoms with van der Waals surface area (Å²) in [4.78, 5) is 29.9. The van der Waals surface area contributed by atoms with Gasteiger partial charge >= 0.3 is 0 Å². The Morgan fingerprint density at radius 3 is 2.52 bits per heavy atom. The van der Waals surface area contributed by atoms with Gasteiger partial charge in [-0.1, -0.05) is 17.3 Å². The number of anilines is 2. The third-order valence-corrected chi connectivity index (χ3v) is 4.60. The molecule has 3 aromatic heterocycles. The van der Waals surface area contributed by atoms with Crippen LogP contribution in [0.3, 0.4) is 0 Å². The van der Waals surface area contributed by atoms with Gasteiger partial charge in [-0.15, -0.1) is 0 Å². The number of hydrogen-bond acceptors (Lipinski definition) is 5. The van der Waals surface area contributed by atoms with Gasteiger partial charge in [-0.2, -0.15) is 0 Å². The van der Waals surface area contributed by atoms with Gasteiger partial charge in [-0.05, 0) is 56.2 Å². The molecular formula is C21H19N5O3. The van der Waals surface area contributed by atoms with E-state index in [0.717, 1.165) is 11.1 Å². The molecule has 0 unspecified atom stereocenters. The fourth-order valence-electron chi connectivity index (χ4n) is 2.97. The van der Waals surface area contributed by atoms with Gasteiger partial charge in [-0.3, -0.25) is 14.0 Å². The van der Waals surface area contributed by atoms with E-state index in [9.17, 15) is 9.59 Å². The fourth-order valence-corrected chi connectivity index (χ4v) is 2.97. The van der Waals surface area contributed by atoms with Crippen molar-refractivity contribution in [1.82, 2.24) is 14.5 Å². The molecule has 4 aromatic rings. The lowest BCUT2D eigenvalue weighted by Gasteiger charge is -2.06. The van der Waals surface area contributed by atoms with Crippen molar-refractivity contribution < 1.29 is 14.1 Å². The lowest BCUT2D eigenvalue weighted by atomic mass is 10.1. The number of benzene rings is 1. The minimum Gasteiger partial charge on any atom is -0.360 e. The summed E-state index contributed by atoms with van der Waals surface area (Å²) in [7, 11) is 0. The van der Waals surface area contributed by atoms with Crippen molar-refractivity contribution in [3.8, 4) is 0 Å². The van der Waals surface area contributed by atoms with Gasteiger partial charge in [0, 0.05) is 18.0 Å². The molecule has 0 aliphatic rings. The molecule has 0 saturated heterocycles. The fraction of sp³-hybridized carbons (Fsp3) is 0.143. The Bertz CT molecular complexity index is 1240. The molecule has 0 fully saturated rings. The summed E-state index contributed by atoms with van der Waals surface area (Å²) in [6.45, 7) is 5.71. The summed E-state index contributed by atoms with van der Waals surface area (Å²) in [5.41, 5.74) is 3.55. The number of aromatic nitrogens is 3. The zero-order valence-corrected chi connectivity index (χ0v) is 16.2. The van der Waals surface area contributed by atoms with E-state index in [4.69, 9.17) is 4.52 Å². The van der Waals surface area contributed by atoms with Gasteiger partial charge in [-0.25, -0.2) is 4.98 Å². The number of hydrogen-bond donors (Lipinski definition) is 2. The largest absolute Gasteiger partial charge is 0.360 e. The SMILES string of the molecule is Cc1cc(NC(=O)c2nc(C(=O)Nc3ccc(C)c(C)c3)c3ccccn23)no1. The molecule has 0 saturated carbocycles. The Labute approximate surface area is 166 Å². The van der Waals surface area contributed by atoms with Gasteiger partial charge in [0.25, 0.3) is 11.8 Å². The number of nitrogens with zero attached hydrogens (tertiary/aromatic N) is 3. The number of carbonyl (C=O) groups is 2. The first-order valence-corrected chi connectivity index (χ1v) is 9.03. The molecule has 0 radical (unpaired) electrons. The van der Waals surface area contributed by atoms with Crippen LogP contribution in [0.15, 0.2) is 53.2 Å². The summed E-state index contributed by atoms with van der Waals surface area (Å²) >= 11 is 0. The molecule has 0 atom stereocenters. The summed E-state index contributed by atoms with van der Waals surface area (Å²) < 4.78 is 6.53. The first-order chi connectivity index (χ1) is 13.9. The van der Waals surface area contributed by atoms with Crippen molar-refractivity contribution in [2.24, 2.45) is 0 Å². The van der Waals surface area contributed by atoms with Gasteiger partial charge in [0.05, 0.1) is 5.52 Å². The van der Waals surface area contributed by atoms with Crippen LogP contribution in [-0.4, -0.2) is 26.4 Å². The van der Waals surface area contributed by atoms with E-state index in [1.165, 1.54) is 0 Å². The highest BCUT2D eigenvalue weighted by atomic mass is 16.5. The average molecular weight is 389 g/mol. The number of amides is 2. The molecular weight excluding hydrogens is 370 g/mol. The maximum atomic E-state index is 12.9. The van der Waals surface area contributed by atoms with E-state index in [1.54, 1.807) is 41.8 Å². The van der Waals surface area contributed by atoms with Crippen LogP contribution in [0.4, 0.5) is 11.5 Å². The van der Waals surface area contributed by atoms with E-state index in [2.05, 4.69) is 20.8 Å². The van der Waals surface area contributed by atoms with Crippen molar-refractivity contribution in [3.05, 3.63) is 77.1 Å². The standard InChI is InChI=1S/C21H19N5O3/c1-12-7-8-15(10-13(12)2)22-20(27)18-16-6-4-5-9-26(16)19(24-18)21(28)23-17-11-14(3)29-25-17/h4-11H,1-3H3,(H,22,27)(H,23,25,28). The van der Waals surface area contributed by atoms with E-state index in [0.29, 0.717) is 17.0 Å². The van der Waals surface area contributed by atoms with E-state index in [1.807, 2.05) is 32.0 Å². The molecule has 2 N–H and O–H groups in total.